The molecule has 1 aliphatic heterocycles. The number of rotatable bonds is 6. The van der Waals surface area contributed by atoms with Crippen molar-refractivity contribution in [3.63, 3.8) is 0 Å². The van der Waals surface area contributed by atoms with Crippen LogP contribution in [0.15, 0.2) is 29.2 Å². The Morgan fingerprint density at radius 1 is 1.35 bits per heavy atom. The number of para-hydroxylation sites is 1. The second-order valence-electron chi connectivity index (χ2n) is 5.84. The zero-order valence-corrected chi connectivity index (χ0v) is 15.7. The van der Waals surface area contributed by atoms with E-state index in [0.717, 1.165) is 24.5 Å². The van der Waals surface area contributed by atoms with E-state index < -0.39 is 10.0 Å². The van der Waals surface area contributed by atoms with Crippen molar-refractivity contribution in [2.45, 2.75) is 24.3 Å². The van der Waals surface area contributed by atoms with Crippen molar-refractivity contribution in [3.8, 4) is 5.75 Å². The first kappa shape index (κ1) is 18.6. The number of thioether (sulfide) groups is 1. The first-order valence-corrected chi connectivity index (χ1v) is 10.5. The Balaban J connectivity index is 2.38. The molecule has 0 spiro atoms. The Hall–Kier alpha value is -0.760. The molecular formula is C16H26N2O3S2. The topological polar surface area (TPSA) is 49.9 Å². The molecule has 0 bridgehead atoms. The highest BCUT2D eigenvalue weighted by molar-refractivity contribution is 7.99. The number of sulfonamides is 1. The molecule has 0 radical (unpaired) electrons. The number of likely N-dealkylation sites (N-methyl/N-ethyl adjacent to an activating group) is 1. The molecule has 0 N–H and O–H groups in total. The summed E-state index contributed by atoms with van der Waals surface area (Å²) in [6.07, 6.45) is 0.880. The highest BCUT2D eigenvalue weighted by Crippen LogP contribution is 2.30. The lowest BCUT2D eigenvalue weighted by Gasteiger charge is -2.31. The summed E-state index contributed by atoms with van der Waals surface area (Å²) in [5.74, 6) is 2.27. The average molecular weight is 359 g/mol. The largest absolute Gasteiger partial charge is 0.492 e. The lowest BCUT2D eigenvalue weighted by molar-refractivity contribution is 0.269. The van der Waals surface area contributed by atoms with E-state index in [2.05, 4.69) is 0 Å². The van der Waals surface area contributed by atoms with E-state index in [1.807, 2.05) is 37.7 Å². The lowest BCUT2D eigenvalue weighted by Crippen LogP contribution is -2.46. The van der Waals surface area contributed by atoms with Gasteiger partial charge in [0.2, 0.25) is 10.0 Å². The Bertz CT molecular complexity index is 605. The molecule has 7 heteroatoms. The molecule has 1 unspecified atom stereocenters. The maximum atomic E-state index is 13.2. The molecule has 1 saturated heterocycles. The van der Waals surface area contributed by atoms with E-state index in [4.69, 9.17) is 4.74 Å². The fraction of sp³-hybridized carbons (Fsp3) is 0.625. The zero-order valence-electron chi connectivity index (χ0n) is 14.1. The van der Waals surface area contributed by atoms with Crippen LogP contribution in [0.4, 0.5) is 0 Å². The molecule has 5 nitrogen and oxygen atoms in total. The summed E-state index contributed by atoms with van der Waals surface area (Å²) in [6, 6.07) is 6.91. The van der Waals surface area contributed by atoms with Gasteiger partial charge in [0.15, 0.2) is 0 Å². The SMILES string of the molecule is CCOc1ccccc1S(=O)(=O)N1CCCSCC1CN(C)C. The van der Waals surface area contributed by atoms with Crippen LogP contribution in [0.5, 0.6) is 5.75 Å². The summed E-state index contributed by atoms with van der Waals surface area (Å²) in [5, 5.41) is 0. The molecule has 23 heavy (non-hydrogen) atoms. The van der Waals surface area contributed by atoms with Gasteiger partial charge in [0.1, 0.15) is 10.6 Å². The molecular weight excluding hydrogens is 332 g/mol. The standard InChI is InChI=1S/C16H26N2O3S2/c1-4-21-15-8-5-6-9-16(15)23(19,20)18-10-7-11-22-13-14(18)12-17(2)3/h5-6,8-9,14H,4,7,10-13H2,1-3H3. The molecule has 1 aromatic rings. The van der Waals surface area contributed by atoms with E-state index in [9.17, 15) is 8.42 Å². The van der Waals surface area contributed by atoms with Gasteiger partial charge in [0, 0.05) is 24.9 Å². The molecule has 1 fully saturated rings. The number of benzene rings is 1. The van der Waals surface area contributed by atoms with Gasteiger partial charge >= 0.3 is 0 Å². The zero-order chi connectivity index (χ0) is 16.9. The predicted octanol–water partition coefficient (Wildman–Crippen LogP) is 2.14. The van der Waals surface area contributed by atoms with E-state index >= 15 is 0 Å². The molecule has 2 rings (SSSR count). The van der Waals surface area contributed by atoms with Gasteiger partial charge in [-0.3, -0.25) is 0 Å². The van der Waals surface area contributed by atoms with Crippen molar-refractivity contribution in [1.29, 1.82) is 0 Å². The quantitative estimate of drug-likeness (QED) is 0.780. The molecule has 0 amide bonds. The van der Waals surface area contributed by atoms with Crippen LogP contribution >= 0.6 is 11.8 Å². The lowest BCUT2D eigenvalue weighted by atomic mass is 10.3. The first-order valence-electron chi connectivity index (χ1n) is 7.93. The Labute approximate surface area is 144 Å². The molecule has 1 aliphatic rings. The van der Waals surface area contributed by atoms with Crippen LogP contribution in [0.2, 0.25) is 0 Å². The highest BCUT2D eigenvalue weighted by atomic mass is 32.2. The van der Waals surface area contributed by atoms with Crippen LogP contribution in [0.25, 0.3) is 0 Å². The summed E-state index contributed by atoms with van der Waals surface area (Å²) >= 11 is 1.83. The number of hydrogen-bond acceptors (Lipinski definition) is 5. The van der Waals surface area contributed by atoms with Crippen LogP contribution in [-0.2, 0) is 10.0 Å². The third-order valence-electron chi connectivity index (χ3n) is 3.70. The molecule has 0 aliphatic carbocycles. The fourth-order valence-electron chi connectivity index (χ4n) is 2.75. The van der Waals surface area contributed by atoms with E-state index in [-0.39, 0.29) is 10.9 Å². The number of hydrogen-bond donors (Lipinski definition) is 0. The Morgan fingerprint density at radius 2 is 2.09 bits per heavy atom. The minimum atomic E-state index is -3.56. The van der Waals surface area contributed by atoms with Gasteiger partial charge in [-0.25, -0.2) is 8.42 Å². The molecule has 1 atom stereocenters. The van der Waals surface area contributed by atoms with Crippen molar-refractivity contribution in [1.82, 2.24) is 9.21 Å². The van der Waals surface area contributed by atoms with Crippen molar-refractivity contribution in [2.24, 2.45) is 0 Å². The van der Waals surface area contributed by atoms with Crippen molar-refractivity contribution in [2.75, 3.05) is 45.3 Å². The molecule has 1 heterocycles. The molecule has 0 saturated carbocycles. The molecule has 0 aromatic heterocycles. The number of ether oxygens (including phenoxy) is 1. The van der Waals surface area contributed by atoms with E-state index in [1.165, 1.54) is 0 Å². The summed E-state index contributed by atoms with van der Waals surface area (Å²) in [7, 11) is 0.397. The molecule has 130 valence electrons. The minimum absolute atomic E-state index is 0.0165. The van der Waals surface area contributed by atoms with E-state index in [1.54, 1.807) is 28.6 Å². The van der Waals surface area contributed by atoms with Crippen molar-refractivity contribution < 1.29 is 13.2 Å². The van der Waals surface area contributed by atoms with Gasteiger partial charge < -0.3 is 9.64 Å². The van der Waals surface area contributed by atoms with Gasteiger partial charge in [-0.2, -0.15) is 16.1 Å². The smallest absolute Gasteiger partial charge is 0.247 e. The average Bonchev–Trinajstić information content (AvgIpc) is 2.73. The summed E-state index contributed by atoms with van der Waals surface area (Å²) in [4.78, 5) is 2.32. The summed E-state index contributed by atoms with van der Waals surface area (Å²) in [6.45, 7) is 3.60. The van der Waals surface area contributed by atoms with E-state index in [0.29, 0.717) is 18.9 Å². The van der Waals surface area contributed by atoms with Gasteiger partial charge in [0.05, 0.1) is 6.61 Å². The van der Waals surface area contributed by atoms with Gasteiger partial charge in [-0.05, 0) is 45.3 Å². The second-order valence-corrected chi connectivity index (χ2v) is 8.85. The normalized spacial score (nSPS) is 20.4. The van der Waals surface area contributed by atoms with Crippen LogP contribution in [0.3, 0.4) is 0 Å². The van der Waals surface area contributed by atoms with Gasteiger partial charge in [0.25, 0.3) is 0 Å². The highest BCUT2D eigenvalue weighted by Gasteiger charge is 2.34. The Morgan fingerprint density at radius 3 is 2.78 bits per heavy atom. The summed E-state index contributed by atoms with van der Waals surface area (Å²) < 4.78 is 33.7. The van der Waals surface area contributed by atoms with Crippen LogP contribution in [0.1, 0.15) is 13.3 Å². The van der Waals surface area contributed by atoms with Crippen molar-refractivity contribution >= 4 is 21.8 Å². The third-order valence-corrected chi connectivity index (χ3v) is 6.89. The monoisotopic (exact) mass is 358 g/mol. The Kier molecular flexibility index (Phi) is 6.76. The second kappa shape index (κ2) is 8.37. The van der Waals surface area contributed by atoms with Gasteiger partial charge in [-0.15, -0.1) is 0 Å². The van der Waals surface area contributed by atoms with Crippen LogP contribution in [0, 0.1) is 0 Å². The van der Waals surface area contributed by atoms with Gasteiger partial charge in [-0.1, -0.05) is 12.1 Å². The maximum Gasteiger partial charge on any atom is 0.247 e. The van der Waals surface area contributed by atoms with Crippen LogP contribution < -0.4 is 4.74 Å². The molecule has 1 aromatic carbocycles. The summed E-state index contributed by atoms with van der Waals surface area (Å²) in [5.41, 5.74) is 0. The first-order chi connectivity index (χ1) is 11.0. The van der Waals surface area contributed by atoms with Crippen molar-refractivity contribution in [3.05, 3.63) is 24.3 Å². The predicted molar refractivity (Wildman–Crippen MR) is 95.8 cm³/mol. The maximum absolute atomic E-state index is 13.2. The third kappa shape index (κ3) is 4.62. The minimum Gasteiger partial charge on any atom is -0.492 e. The fourth-order valence-corrected chi connectivity index (χ4v) is 5.69. The van der Waals surface area contributed by atoms with Crippen LogP contribution in [-0.4, -0.2) is 69.0 Å². The number of nitrogens with zero attached hydrogens (tertiary/aromatic N) is 2.